The van der Waals surface area contributed by atoms with E-state index >= 15 is 0 Å². The monoisotopic (exact) mass is 622 g/mol. The van der Waals surface area contributed by atoms with E-state index in [0.717, 1.165) is 27.9 Å². The van der Waals surface area contributed by atoms with Gasteiger partial charge in [0.05, 0.1) is 33.1 Å². The maximum atomic E-state index is 4.88. The van der Waals surface area contributed by atoms with Crippen LogP contribution in [0.5, 0.6) is 0 Å². The molecule has 49 heavy (non-hydrogen) atoms. The number of para-hydroxylation sites is 3. The first-order chi connectivity index (χ1) is 24.3. The zero-order valence-electron chi connectivity index (χ0n) is 26.3. The Hall–Kier alpha value is -6.65. The Morgan fingerprint density at radius 1 is 0.367 bits per heavy atom. The second-order valence-electron chi connectivity index (χ2n) is 13.2. The normalized spacial score (nSPS) is 12.5. The van der Waals surface area contributed by atoms with Gasteiger partial charge in [-0.1, -0.05) is 91.0 Å². The highest BCUT2D eigenvalue weighted by Gasteiger charge is 2.25. The second-order valence-corrected chi connectivity index (χ2v) is 13.2. The molecule has 0 unspecified atom stereocenters. The lowest BCUT2D eigenvalue weighted by atomic mass is 9.99. The molecule has 7 aromatic carbocycles. The molecule has 0 fully saturated rings. The van der Waals surface area contributed by atoms with Crippen LogP contribution in [0, 0.1) is 0 Å². The van der Waals surface area contributed by atoms with Crippen molar-refractivity contribution in [3.05, 3.63) is 158 Å². The lowest BCUT2D eigenvalue weighted by molar-refractivity contribution is 1.13. The quantitative estimate of drug-likeness (QED) is 0.188. The maximum Gasteiger partial charge on any atom is 0.145 e. The fourth-order valence-corrected chi connectivity index (χ4v) is 8.86. The third-order valence-corrected chi connectivity index (χ3v) is 10.8. The number of fused-ring (bicyclic) bond motifs is 15. The second kappa shape index (κ2) is 9.03. The van der Waals surface area contributed by atoms with Crippen molar-refractivity contribution >= 4 is 92.6 Å². The molecule has 0 radical (unpaired) electrons. The van der Waals surface area contributed by atoms with Gasteiger partial charge in [0.2, 0.25) is 0 Å². The van der Waals surface area contributed by atoms with Gasteiger partial charge in [0, 0.05) is 60.7 Å². The van der Waals surface area contributed by atoms with E-state index in [9.17, 15) is 0 Å². The Labute approximate surface area is 279 Å². The van der Waals surface area contributed by atoms with E-state index < -0.39 is 0 Å². The van der Waals surface area contributed by atoms with Gasteiger partial charge in [-0.25, -0.2) is 4.98 Å². The van der Waals surface area contributed by atoms with Crippen LogP contribution >= 0.6 is 0 Å². The molecule has 226 valence electrons. The zero-order valence-corrected chi connectivity index (χ0v) is 26.3. The van der Waals surface area contributed by atoms with Gasteiger partial charge in [0.1, 0.15) is 5.65 Å². The average Bonchev–Trinajstić information content (AvgIpc) is 3.88. The van der Waals surface area contributed by atoms with Gasteiger partial charge < -0.3 is 8.97 Å². The topological polar surface area (TPSA) is 27.2 Å². The number of benzene rings is 7. The predicted octanol–water partition coefficient (Wildman–Crippen LogP) is 11.6. The number of hydrogen-bond acceptors (Lipinski definition) is 1. The summed E-state index contributed by atoms with van der Waals surface area (Å²) in [6.07, 6.45) is 1.89. The molecule has 12 aromatic rings. The van der Waals surface area contributed by atoms with Crippen LogP contribution in [0.25, 0.3) is 104 Å². The van der Waals surface area contributed by atoms with Gasteiger partial charge in [-0.05, 0) is 71.4 Å². The molecular formula is C45H26N4. The molecule has 0 saturated heterocycles. The van der Waals surface area contributed by atoms with Crippen molar-refractivity contribution in [3.8, 4) is 11.4 Å². The van der Waals surface area contributed by atoms with Gasteiger partial charge in [-0.2, -0.15) is 0 Å². The fourth-order valence-electron chi connectivity index (χ4n) is 8.86. The molecule has 4 nitrogen and oxygen atoms in total. The Kier molecular flexibility index (Phi) is 4.69. The number of pyridine rings is 1. The van der Waals surface area contributed by atoms with Crippen LogP contribution in [0.4, 0.5) is 0 Å². The molecule has 4 heteroatoms. The largest absolute Gasteiger partial charge is 0.309 e. The lowest BCUT2D eigenvalue weighted by Gasteiger charge is -2.11. The third-order valence-electron chi connectivity index (χ3n) is 10.8. The maximum absolute atomic E-state index is 4.88. The highest BCUT2D eigenvalue weighted by atomic mass is 15.1. The highest BCUT2D eigenvalue weighted by molar-refractivity contribution is 6.38. The minimum Gasteiger partial charge on any atom is -0.309 e. The fraction of sp³-hybridized carbons (Fsp3) is 0. The van der Waals surface area contributed by atoms with Crippen LogP contribution in [0.2, 0.25) is 0 Å². The van der Waals surface area contributed by atoms with E-state index in [2.05, 4.69) is 159 Å². The van der Waals surface area contributed by atoms with Crippen LogP contribution < -0.4 is 0 Å². The average molecular weight is 623 g/mol. The van der Waals surface area contributed by atoms with E-state index in [0.29, 0.717) is 0 Å². The molecular weight excluding hydrogens is 597 g/mol. The smallest absolute Gasteiger partial charge is 0.145 e. The van der Waals surface area contributed by atoms with Crippen molar-refractivity contribution in [2.45, 2.75) is 0 Å². The van der Waals surface area contributed by atoms with E-state index in [-0.39, 0.29) is 0 Å². The Balaban J connectivity index is 1.32. The van der Waals surface area contributed by atoms with Crippen molar-refractivity contribution in [3.63, 3.8) is 0 Å². The summed E-state index contributed by atoms with van der Waals surface area (Å²) in [5, 5.41) is 12.6. The summed E-state index contributed by atoms with van der Waals surface area (Å²) < 4.78 is 7.29. The van der Waals surface area contributed by atoms with Crippen molar-refractivity contribution in [2.75, 3.05) is 0 Å². The molecule has 0 aliphatic carbocycles. The Morgan fingerprint density at radius 3 is 1.96 bits per heavy atom. The third kappa shape index (κ3) is 3.12. The van der Waals surface area contributed by atoms with Crippen LogP contribution in [0.3, 0.4) is 0 Å². The van der Waals surface area contributed by atoms with Crippen molar-refractivity contribution < 1.29 is 0 Å². The Morgan fingerprint density at radius 2 is 1.08 bits per heavy atom. The van der Waals surface area contributed by atoms with E-state index in [1.807, 2.05) is 12.3 Å². The van der Waals surface area contributed by atoms with Crippen molar-refractivity contribution in [1.82, 2.24) is 18.5 Å². The predicted molar refractivity (Wildman–Crippen MR) is 205 cm³/mol. The number of hydrogen-bond donors (Lipinski definition) is 0. The summed E-state index contributed by atoms with van der Waals surface area (Å²) in [7, 11) is 0. The van der Waals surface area contributed by atoms with Crippen molar-refractivity contribution in [2.24, 2.45) is 0 Å². The molecule has 12 rings (SSSR count). The molecule has 5 aromatic heterocycles. The van der Waals surface area contributed by atoms with Crippen LogP contribution in [-0.4, -0.2) is 18.5 Å². The van der Waals surface area contributed by atoms with E-state index in [4.69, 9.17) is 4.98 Å². The molecule has 0 saturated carbocycles. The van der Waals surface area contributed by atoms with Gasteiger partial charge in [-0.15, -0.1) is 0 Å². The van der Waals surface area contributed by atoms with Crippen LogP contribution in [-0.2, 0) is 0 Å². The summed E-state index contributed by atoms with van der Waals surface area (Å²) in [4.78, 5) is 4.88. The molecule has 0 bridgehead atoms. The standard InChI is InChI=1S/C45H26N4/c1-2-12-28(13-3-1)48-39-25-29(21-22-32(39)33-17-10-24-46-45(33)48)47-38-23-20-27-11-4-5-14-30(27)41(38)43-40(47)26-35-31-15-6-8-18-36(31)49-37-19-9-7-16-34(37)42(43)44(35)49/h1-26H. The molecule has 0 amide bonds. The van der Waals surface area contributed by atoms with E-state index in [1.165, 1.54) is 76.1 Å². The number of aromatic nitrogens is 4. The summed E-state index contributed by atoms with van der Waals surface area (Å²) >= 11 is 0. The summed E-state index contributed by atoms with van der Waals surface area (Å²) in [6, 6.07) is 55.4. The van der Waals surface area contributed by atoms with Gasteiger partial charge in [0.15, 0.2) is 0 Å². The number of rotatable bonds is 2. The van der Waals surface area contributed by atoms with Crippen molar-refractivity contribution in [1.29, 1.82) is 0 Å². The SMILES string of the molecule is c1ccc(-n2c3cc(-n4c5ccc6ccccc6c5c5c6c7ccccc7n7c8ccccc8c(cc54)c67)ccc3c3cccnc32)cc1. The molecule has 0 aliphatic rings. The van der Waals surface area contributed by atoms with E-state index in [1.54, 1.807) is 0 Å². The molecule has 0 atom stereocenters. The number of nitrogens with zero attached hydrogens (tertiary/aromatic N) is 4. The zero-order chi connectivity index (χ0) is 31.8. The highest BCUT2D eigenvalue weighted by Crippen LogP contribution is 2.48. The summed E-state index contributed by atoms with van der Waals surface area (Å²) in [5.74, 6) is 0. The molecule has 0 spiro atoms. The Bertz CT molecular complexity index is 3320. The van der Waals surface area contributed by atoms with Crippen LogP contribution in [0.1, 0.15) is 0 Å². The molecule has 5 heterocycles. The first-order valence-electron chi connectivity index (χ1n) is 16.8. The van der Waals surface area contributed by atoms with Gasteiger partial charge in [-0.3, -0.25) is 4.57 Å². The molecule has 0 aliphatic heterocycles. The summed E-state index contributed by atoms with van der Waals surface area (Å²) in [5.41, 5.74) is 10.6. The minimum atomic E-state index is 0.966. The summed E-state index contributed by atoms with van der Waals surface area (Å²) in [6.45, 7) is 0. The van der Waals surface area contributed by atoms with Gasteiger partial charge in [0.25, 0.3) is 0 Å². The van der Waals surface area contributed by atoms with Gasteiger partial charge >= 0.3 is 0 Å². The lowest BCUT2D eigenvalue weighted by Crippen LogP contribution is -1.97. The first kappa shape index (κ1) is 25.4. The van der Waals surface area contributed by atoms with Crippen LogP contribution in [0.15, 0.2) is 158 Å². The first-order valence-corrected chi connectivity index (χ1v) is 16.8. The minimum absolute atomic E-state index is 0.966. The molecule has 0 N–H and O–H groups in total.